The molecule has 96 valence electrons. The number of hydrogen-bond donors (Lipinski definition) is 0. The summed E-state index contributed by atoms with van der Waals surface area (Å²) in [5.74, 6) is 1.47. The summed E-state index contributed by atoms with van der Waals surface area (Å²) in [5.41, 5.74) is 0.636. The van der Waals surface area contributed by atoms with E-state index in [1.807, 2.05) is 13.8 Å². The molecule has 1 aromatic carbocycles. The van der Waals surface area contributed by atoms with E-state index < -0.39 is 0 Å². The van der Waals surface area contributed by atoms with E-state index in [-0.39, 0.29) is 18.3 Å². The minimum Gasteiger partial charge on any atom is -0.485 e. The van der Waals surface area contributed by atoms with Crippen LogP contribution in [0.25, 0.3) is 0 Å². The Morgan fingerprint density at radius 3 is 2.78 bits per heavy atom. The summed E-state index contributed by atoms with van der Waals surface area (Å²) in [6.07, 6.45) is 0. The van der Waals surface area contributed by atoms with Gasteiger partial charge in [0.25, 0.3) is 0 Å². The molecular formula is C13H15FN2O2. The van der Waals surface area contributed by atoms with Gasteiger partial charge in [0.05, 0.1) is 0 Å². The quantitative estimate of drug-likeness (QED) is 0.835. The lowest BCUT2D eigenvalue weighted by Gasteiger charge is -2.10. The van der Waals surface area contributed by atoms with Gasteiger partial charge < -0.3 is 9.26 Å². The van der Waals surface area contributed by atoms with Gasteiger partial charge in [-0.1, -0.05) is 19.0 Å². The Kier molecular flexibility index (Phi) is 3.60. The van der Waals surface area contributed by atoms with E-state index in [9.17, 15) is 4.39 Å². The summed E-state index contributed by atoms with van der Waals surface area (Å²) < 4.78 is 23.8. The van der Waals surface area contributed by atoms with Crippen molar-refractivity contribution in [2.24, 2.45) is 0 Å². The Bertz CT molecular complexity index is 538. The highest BCUT2D eigenvalue weighted by molar-refractivity contribution is 5.31. The predicted octanol–water partition coefficient (Wildman–Crippen LogP) is 3.22. The Labute approximate surface area is 105 Å². The third kappa shape index (κ3) is 2.85. The third-order valence-electron chi connectivity index (χ3n) is 2.53. The van der Waals surface area contributed by atoms with E-state index in [1.54, 1.807) is 19.1 Å². The Morgan fingerprint density at radius 1 is 1.39 bits per heavy atom. The maximum absolute atomic E-state index is 13.5. The van der Waals surface area contributed by atoms with Crippen molar-refractivity contribution in [2.45, 2.75) is 33.3 Å². The molecule has 0 radical (unpaired) electrons. The lowest BCUT2D eigenvalue weighted by Crippen LogP contribution is -2.00. The number of nitrogens with zero attached hydrogens (tertiary/aromatic N) is 2. The number of hydrogen-bond acceptors (Lipinski definition) is 4. The van der Waals surface area contributed by atoms with Crippen LogP contribution in [0.3, 0.4) is 0 Å². The summed E-state index contributed by atoms with van der Waals surface area (Å²) in [4.78, 5) is 4.02. The van der Waals surface area contributed by atoms with E-state index in [0.717, 1.165) is 0 Å². The van der Waals surface area contributed by atoms with Gasteiger partial charge in [-0.2, -0.15) is 4.98 Å². The molecule has 0 bridgehead atoms. The highest BCUT2D eigenvalue weighted by Gasteiger charge is 2.09. The van der Waals surface area contributed by atoms with Crippen molar-refractivity contribution in [1.82, 2.24) is 10.1 Å². The third-order valence-corrected chi connectivity index (χ3v) is 2.53. The van der Waals surface area contributed by atoms with E-state index in [0.29, 0.717) is 23.0 Å². The van der Waals surface area contributed by atoms with Crippen molar-refractivity contribution >= 4 is 0 Å². The first-order valence-electron chi connectivity index (χ1n) is 5.77. The first-order chi connectivity index (χ1) is 8.56. The van der Waals surface area contributed by atoms with Crippen LogP contribution in [0.15, 0.2) is 22.7 Å². The fourth-order valence-corrected chi connectivity index (χ4v) is 1.60. The van der Waals surface area contributed by atoms with E-state index >= 15 is 0 Å². The maximum atomic E-state index is 13.5. The molecule has 0 unspecified atom stereocenters. The summed E-state index contributed by atoms with van der Waals surface area (Å²) in [5, 5.41) is 3.72. The van der Waals surface area contributed by atoms with E-state index in [1.165, 1.54) is 6.07 Å². The van der Waals surface area contributed by atoms with Gasteiger partial charge in [-0.15, -0.1) is 0 Å². The van der Waals surface area contributed by atoms with Crippen LogP contribution in [-0.2, 0) is 6.61 Å². The van der Waals surface area contributed by atoms with Gasteiger partial charge in [-0.25, -0.2) is 4.39 Å². The van der Waals surface area contributed by atoms with Crippen molar-refractivity contribution in [3.8, 4) is 5.75 Å². The smallest absolute Gasteiger partial charge is 0.223 e. The van der Waals surface area contributed by atoms with Crippen molar-refractivity contribution in [3.63, 3.8) is 0 Å². The zero-order chi connectivity index (χ0) is 13.1. The number of aryl methyl sites for hydroxylation is 1. The molecule has 18 heavy (non-hydrogen) atoms. The van der Waals surface area contributed by atoms with Gasteiger partial charge in [-0.3, -0.25) is 0 Å². The standard InChI is InChI=1S/C13H15FN2O2/c1-8(2)11-6-10(4-5-12(11)14)17-7-13-15-9(3)18-16-13/h4-6,8H,7H2,1-3H3. The lowest BCUT2D eigenvalue weighted by molar-refractivity contribution is 0.285. The molecule has 0 saturated carbocycles. The highest BCUT2D eigenvalue weighted by atomic mass is 19.1. The number of aromatic nitrogens is 2. The molecule has 0 fully saturated rings. The Morgan fingerprint density at radius 2 is 2.17 bits per heavy atom. The molecule has 0 N–H and O–H groups in total. The van der Waals surface area contributed by atoms with Gasteiger partial charge in [0.2, 0.25) is 11.7 Å². The fourth-order valence-electron chi connectivity index (χ4n) is 1.60. The monoisotopic (exact) mass is 250 g/mol. The highest BCUT2D eigenvalue weighted by Crippen LogP contribution is 2.24. The number of ether oxygens (including phenoxy) is 1. The van der Waals surface area contributed by atoms with Crippen LogP contribution >= 0.6 is 0 Å². The van der Waals surface area contributed by atoms with E-state index in [4.69, 9.17) is 9.26 Å². The molecule has 0 saturated heterocycles. The second-order valence-electron chi connectivity index (χ2n) is 4.36. The number of rotatable bonds is 4. The number of halogens is 1. The maximum Gasteiger partial charge on any atom is 0.223 e. The molecule has 4 nitrogen and oxygen atoms in total. The van der Waals surface area contributed by atoms with Crippen LogP contribution < -0.4 is 4.74 Å². The molecule has 0 aliphatic rings. The Hall–Kier alpha value is -1.91. The first kappa shape index (κ1) is 12.5. The second-order valence-corrected chi connectivity index (χ2v) is 4.36. The van der Waals surface area contributed by atoms with Crippen molar-refractivity contribution in [1.29, 1.82) is 0 Å². The molecule has 0 atom stereocenters. The largest absolute Gasteiger partial charge is 0.485 e. The summed E-state index contributed by atoms with van der Waals surface area (Å²) in [7, 11) is 0. The lowest BCUT2D eigenvalue weighted by atomic mass is 10.0. The van der Waals surface area contributed by atoms with Crippen molar-refractivity contribution < 1.29 is 13.7 Å². The van der Waals surface area contributed by atoms with E-state index in [2.05, 4.69) is 10.1 Å². The van der Waals surface area contributed by atoms with Gasteiger partial charge in [0.15, 0.2) is 6.61 Å². The molecule has 2 rings (SSSR count). The van der Waals surface area contributed by atoms with Crippen LogP contribution in [0.1, 0.15) is 37.0 Å². The summed E-state index contributed by atoms with van der Waals surface area (Å²) in [6.45, 7) is 5.79. The molecule has 1 heterocycles. The van der Waals surface area contributed by atoms with Crippen LogP contribution in [0.2, 0.25) is 0 Å². The minimum absolute atomic E-state index is 0.112. The fraction of sp³-hybridized carbons (Fsp3) is 0.385. The van der Waals surface area contributed by atoms with Gasteiger partial charge in [-0.05, 0) is 29.7 Å². The molecule has 2 aromatic rings. The van der Waals surface area contributed by atoms with Crippen molar-refractivity contribution in [3.05, 3.63) is 41.3 Å². The second kappa shape index (κ2) is 5.16. The SMILES string of the molecule is Cc1nc(COc2ccc(F)c(C(C)C)c2)no1. The molecule has 0 spiro atoms. The van der Waals surface area contributed by atoms with Gasteiger partial charge >= 0.3 is 0 Å². The zero-order valence-electron chi connectivity index (χ0n) is 10.6. The molecular weight excluding hydrogens is 235 g/mol. The zero-order valence-corrected chi connectivity index (χ0v) is 10.6. The van der Waals surface area contributed by atoms with Gasteiger partial charge in [0.1, 0.15) is 11.6 Å². The van der Waals surface area contributed by atoms with Crippen LogP contribution in [-0.4, -0.2) is 10.1 Å². The molecule has 0 aliphatic carbocycles. The summed E-state index contributed by atoms with van der Waals surface area (Å²) >= 11 is 0. The minimum atomic E-state index is -0.215. The normalized spacial score (nSPS) is 10.9. The van der Waals surface area contributed by atoms with Crippen LogP contribution in [0, 0.1) is 12.7 Å². The molecule has 0 amide bonds. The number of benzene rings is 1. The van der Waals surface area contributed by atoms with Crippen LogP contribution in [0.5, 0.6) is 5.75 Å². The average Bonchev–Trinajstić information content (AvgIpc) is 2.74. The van der Waals surface area contributed by atoms with Crippen molar-refractivity contribution in [2.75, 3.05) is 0 Å². The predicted molar refractivity (Wildman–Crippen MR) is 63.9 cm³/mol. The first-order valence-corrected chi connectivity index (χ1v) is 5.77. The molecule has 5 heteroatoms. The Balaban J connectivity index is 2.08. The van der Waals surface area contributed by atoms with Crippen LogP contribution in [0.4, 0.5) is 4.39 Å². The summed E-state index contributed by atoms with van der Waals surface area (Å²) in [6, 6.07) is 4.70. The average molecular weight is 250 g/mol. The topological polar surface area (TPSA) is 48.2 Å². The van der Waals surface area contributed by atoms with Gasteiger partial charge in [0, 0.05) is 6.92 Å². The molecule has 1 aromatic heterocycles. The molecule has 0 aliphatic heterocycles.